The van der Waals surface area contributed by atoms with Gasteiger partial charge in [-0.2, -0.15) is 0 Å². The molecule has 16 heavy (non-hydrogen) atoms. The van der Waals surface area contributed by atoms with Crippen LogP contribution < -0.4 is 5.32 Å². The SMILES string of the molecule is CCOCCCN1CCN[C@H]2CCCC[C@@H]21. The van der Waals surface area contributed by atoms with Crippen molar-refractivity contribution >= 4 is 0 Å². The quantitative estimate of drug-likeness (QED) is 0.721. The standard InChI is InChI=1S/C13H26N2O/c1-2-16-11-5-9-15-10-8-14-12-6-3-4-7-13(12)15/h12-14H,2-11H2,1H3/t12-,13-/m0/s1. The van der Waals surface area contributed by atoms with E-state index in [0.717, 1.165) is 25.3 Å². The minimum Gasteiger partial charge on any atom is -0.382 e. The van der Waals surface area contributed by atoms with Crippen LogP contribution in [-0.2, 0) is 4.74 Å². The zero-order valence-corrected chi connectivity index (χ0v) is 10.6. The lowest BCUT2D eigenvalue weighted by molar-refractivity contribution is 0.0715. The Balaban J connectivity index is 1.74. The Labute approximate surface area is 99.5 Å². The molecular formula is C13H26N2O. The van der Waals surface area contributed by atoms with Crippen LogP contribution in [0.1, 0.15) is 39.0 Å². The number of hydrogen-bond acceptors (Lipinski definition) is 3. The largest absolute Gasteiger partial charge is 0.382 e. The predicted molar refractivity (Wildman–Crippen MR) is 66.7 cm³/mol. The average molecular weight is 226 g/mol. The van der Waals surface area contributed by atoms with Gasteiger partial charge in [0.2, 0.25) is 0 Å². The molecule has 1 aliphatic carbocycles. The molecule has 1 heterocycles. The van der Waals surface area contributed by atoms with Crippen molar-refractivity contribution in [2.45, 2.75) is 51.1 Å². The fourth-order valence-electron chi connectivity index (χ4n) is 3.14. The normalized spacial score (nSPS) is 31.3. The molecule has 94 valence electrons. The van der Waals surface area contributed by atoms with Crippen molar-refractivity contribution < 1.29 is 4.74 Å². The summed E-state index contributed by atoms with van der Waals surface area (Å²) in [6.07, 6.45) is 6.81. The lowest BCUT2D eigenvalue weighted by atomic mass is 9.87. The summed E-state index contributed by atoms with van der Waals surface area (Å²) in [6.45, 7) is 7.49. The molecule has 3 heteroatoms. The van der Waals surface area contributed by atoms with Crippen molar-refractivity contribution in [1.29, 1.82) is 0 Å². The lowest BCUT2D eigenvalue weighted by Gasteiger charge is -2.44. The van der Waals surface area contributed by atoms with Gasteiger partial charge in [-0.05, 0) is 26.2 Å². The van der Waals surface area contributed by atoms with Gasteiger partial charge in [0.05, 0.1) is 0 Å². The van der Waals surface area contributed by atoms with Gasteiger partial charge in [-0.15, -0.1) is 0 Å². The van der Waals surface area contributed by atoms with Gasteiger partial charge in [0.1, 0.15) is 0 Å². The third-order valence-corrected chi connectivity index (χ3v) is 3.94. The summed E-state index contributed by atoms with van der Waals surface area (Å²) in [5, 5.41) is 3.68. The molecule has 2 fully saturated rings. The van der Waals surface area contributed by atoms with Crippen molar-refractivity contribution in [3.05, 3.63) is 0 Å². The molecule has 0 aromatic carbocycles. The third-order valence-electron chi connectivity index (χ3n) is 3.94. The van der Waals surface area contributed by atoms with Gasteiger partial charge in [-0.25, -0.2) is 0 Å². The summed E-state index contributed by atoms with van der Waals surface area (Å²) in [5.41, 5.74) is 0. The molecule has 2 atom stereocenters. The maximum absolute atomic E-state index is 5.42. The van der Waals surface area contributed by atoms with Crippen LogP contribution in [-0.4, -0.2) is 49.8 Å². The van der Waals surface area contributed by atoms with Gasteiger partial charge in [0.25, 0.3) is 0 Å². The number of nitrogens with one attached hydrogen (secondary N) is 1. The Morgan fingerprint density at radius 3 is 3.06 bits per heavy atom. The fraction of sp³-hybridized carbons (Fsp3) is 1.00. The molecule has 1 aliphatic heterocycles. The Kier molecular flexibility index (Phi) is 5.07. The molecule has 0 amide bonds. The molecule has 2 rings (SSSR count). The van der Waals surface area contributed by atoms with E-state index in [0.29, 0.717) is 0 Å². The molecule has 0 aromatic rings. The Bertz CT molecular complexity index is 196. The molecule has 2 aliphatic rings. The van der Waals surface area contributed by atoms with Crippen LogP contribution in [0.25, 0.3) is 0 Å². The Hall–Kier alpha value is -0.120. The maximum Gasteiger partial charge on any atom is 0.0478 e. The van der Waals surface area contributed by atoms with Crippen LogP contribution in [0.15, 0.2) is 0 Å². The highest BCUT2D eigenvalue weighted by Gasteiger charge is 2.32. The predicted octanol–water partition coefficient (Wildman–Crippen LogP) is 1.63. The maximum atomic E-state index is 5.42. The van der Waals surface area contributed by atoms with E-state index in [9.17, 15) is 0 Å². The van der Waals surface area contributed by atoms with Gasteiger partial charge in [0.15, 0.2) is 0 Å². The molecular weight excluding hydrogens is 200 g/mol. The number of fused-ring (bicyclic) bond motifs is 1. The van der Waals surface area contributed by atoms with E-state index >= 15 is 0 Å². The average Bonchev–Trinajstić information content (AvgIpc) is 2.35. The summed E-state index contributed by atoms with van der Waals surface area (Å²) in [7, 11) is 0. The van der Waals surface area contributed by atoms with E-state index in [1.165, 1.54) is 51.7 Å². The molecule has 1 N–H and O–H groups in total. The van der Waals surface area contributed by atoms with Crippen molar-refractivity contribution in [3.63, 3.8) is 0 Å². The minimum absolute atomic E-state index is 0.773. The van der Waals surface area contributed by atoms with Gasteiger partial charge in [-0.3, -0.25) is 4.90 Å². The Morgan fingerprint density at radius 1 is 1.31 bits per heavy atom. The second-order valence-corrected chi connectivity index (χ2v) is 5.00. The van der Waals surface area contributed by atoms with Crippen LogP contribution >= 0.6 is 0 Å². The highest BCUT2D eigenvalue weighted by molar-refractivity contribution is 4.91. The molecule has 3 nitrogen and oxygen atoms in total. The van der Waals surface area contributed by atoms with E-state index in [1.54, 1.807) is 0 Å². The first-order valence-corrected chi connectivity index (χ1v) is 6.97. The number of rotatable bonds is 5. The first-order valence-electron chi connectivity index (χ1n) is 6.97. The lowest BCUT2D eigenvalue weighted by Crippen LogP contribution is -2.59. The minimum atomic E-state index is 0.773. The van der Waals surface area contributed by atoms with E-state index in [-0.39, 0.29) is 0 Å². The molecule has 1 saturated carbocycles. The molecule has 0 unspecified atom stereocenters. The monoisotopic (exact) mass is 226 g/mol. The van der Waals surface area contributed by atoms with E-state index in [4.69, 9.17) is 4.74 Å². The topological polar surface area (TPSA) is 24.5 Å². The summed E-state index contributed by atoms with van der Waals surface area (Å²) < 4.78 is 5.42. The van der Waals surface area contributed by atoms with Crippen LogP contribution in [0.2, 0.25) is 0 Å². The van der Waals surface area contributed by atoms with Gasteiger partial charge >= 0.3 is 0 Å². The summed E-state index contributed by atoms with van der Waals surface area (Å²) in [4.78, 5) is 2.69. The van der Waals surface area contributed by atoms with E-state index in [1.807, 2.05) is 0 Å². The van der Waals surface area contributed by atoms with Crippen molar-refractivity contribution in [2.75, 3.05) is 32.8 Å². The zero-order chi connectivity index (χ0) is 11.2. The van der Waals surface area contributed by atoms with Gasteiger partial charge in [0, 0.05) is 44.9 Å². The van der Waals surface area contributed by atoms with Gasteiger partial charge in [-0.1, -0.05) is 12.8 Å². The molecule has 1 saturated heterocycles. The smallest absolute Gasteiger partial charge is 0.0478 e. The highest BCUT2D eigenvalue weighted by atomic mass is 16.5. The Morgan fingerprint density at radius 2 is 2.19 bits per heavy atom. The first kappa shape index (κ1) is 12.3. The zero-order valence-electron chi connectivity index (χ0n) is 10.6. The number of hydrogen-bond donors (Lipinski definition) is 1. The summed E-state index contributed by atoms with van der Waals surface area (Å²) in [6, 6.07) is 1.58. The van der Waals surface area contributed by atoms with E-state index in [2.05, 4.69) is 17.1 Å². The number of ether oxygens (including phenoxy) is 1. The number of piperazine rings is 1. The highest BCUT2D eigenvalue weighted by Crippen LogP contribution is 2.25. The third kappa shape index (κ3) is 3.19. The van der Waals surface area contributed by atoms with Crippen molar-refractivity contribution in [3.8, 4) is 0 Å². The summed E-state index contributed by atoms with van der Waals surface area (Å²) in [5.74, 6) is 0. The second-order valence-electron chi connectivity index (χ2n) is 5.00. The number of nitrogens with zero attached hydrogens (tertiary/aromatic N) is 1. The molecule has 0 radical (unpaired) electrons. The molecule has 0 spiro atoms. The molecule has 0 bridgehead atoms. The summed E-state index contributed by atoms with van der Waals surface area (Å²) >= 11 is 0. The van der Waals surface area contributed by atoms with Crippen LogP contribution in [0.3, 0.4) is 0 Å². The molecule has 0 aromatic heterocycles. The van der Waals surface area contributed by atoms with Gasteiger partial charge < -0.3 is 10.1 Å². The van der Waals surface area contributed by atoms with Crippen molar-refractivity contribution in [1.82, 2.24) is 10.2 Å². The van der Waals surface area contributed by atoms with Crippen LogP contribution in [0.4, 0.5) is 0 Å². The van der Waals surface area contributed by atoms with Crippen LogP contribution in [0.5, 0.6) is 0 Å². The second kappa shape index (κ2) is 6.58. The van der Waals surface area contributed by atoms with Crippen LogP contribution in [0, 0.1) is 0 Å². The van der Waals surface area contributed by atoms with E-state index < -0.39 is 0 Å². The van der Waals surface area contributed by atoms with Crippen molar-refractivity contribution in [2.24, 2.45) is 0 Å². The fourth-order valence-corrected chi connectivity index (χ4v) is 3.14. The first-order chi connectivity index (χ1) is 7.92.